The maximum Gasteiger partial charge on any atom is 0.275 e. The van der Waals surface area contributed by atoms with Gasteiger partial charge in [0.1, 0.15) is 0 Å². The van der Waals surface area contributed by atoms with Crippen LogP contribution in [-0.4, -0.2) is 37.2 Å². The van der Waals surface area contributed by atoms with Gasteiger partial charge >= 0.3 is 0 Å². The SMILES string of the molecule is O=C(NCCCn1cccn1)c1nnn(Cc2ccccc2)c1Cl. The molecule has 3 aromatic rings. The first-order valence-corrected chi connectivity index (χ1v) is 8.00. The van der Waals surface area contributed by atoms with Crippen molar-refractivity contribution in [2.24, 2.45) is 0 Å². The van der Waals surface area contributed by atoms with Gasteiger partial charge in [-0.05, 0) is 18.1 Å². The van der Waals surface area contributed by atoms with Crippen LogP contribution in [0.3, 0.4) is 0 Å². The van der Waals surface area contributed by atoms with Crippen molar-refractivity contribution in [2.45, 2.75) is 19.5 Å². The molecule has 0 unspecified atom stereocenters. The second-order valence-electron chi connectivity index (χ2n) is 5.25. The summed E-state index contributed by atoms with van der Waals surface area (Å²) in [5.74, 6) is -0.320. The summed E-state index contributed by atoms with van der Waals surface area (Å²) in [6.45, 7) is 1.72. The first-order valence-electron chi connectivity index (χ1n) is 7.62. The molecule has 2 aromatic heterocycles. The van der Waals surface area contributed by atoms with Crippen LogP contribution in [-0.2, 0) is 13.1 Å². The Morgan fingerprint density at radius 1 is 1.21 bits per heavy atom. The minimum atomic E-state index is -0.320. The van der Waals surface area contributed by atoms with E-state index in [9.17, 15) is 4.79 Å². The Morgan fingerprint density at radius 2 is 2.04 bits per heavy atom. The molecule has 0 aliphatic rings. The summed E-state index contributed by atoms with van der Waals surface area (Å²) in [6.07, 6.45) is 4.38. The van der Waals surface area contributed by atoms with Gasteiger partial charge in [-0.1, -0.05) is 47.1 Å². The second-order valence-corrected chi connectivity index (χ2v) is 5.61. The number of carbonyl (C=O) groups is 1. The molecule has 0 radical (unpaired) electrons. The molecule has 1 N–H and O–H groups in total. The highest BCUT2D eigenvalue weighted by Gasteiger charge is 2.17. The van der Waals surface area contributed by atoms with E-state index < -0.39 is 0 Å². The van der Waals surface area contributed by atoms with E-state index in [2.05, 4.69) is 20.7 Å². The maximum absolute atomic E-state index is 12.2. The molecular formula is C16H17ClN6O. The summed E-state index contributed by atoms with van der Waals surface area (Å²) in [5.41, 5.74) is 1.18. The summed E-state index contributed by atoms with van der Waals surface area (Å²) in [5, 5.41) is 15.0. The predicted molar refractivity (Wildman–Crippen MR) is 89.8 cm³/mol. The van der Waals surface area contributed by atoms with Crippen LogP contribution in [0.15, 0.2) is 48.8 Å². The lowest BCUT2D eigenvalue weighted by Crippen LogP contribution is -2.26. The van der Waals surface area contributed by atoms with Gasteiger partial charge in [0.05, 0.1) is 6.54 Å². The number of hydrogen-bond acceptors (Lipinski definition) is 4. The first-order chi connectivity index (χ1) is 11.7. The third-order valence-electron chi connectivity index (χ3n) is 3.47. The lowest BCUT2D eigenvalue weighted by atomic mass is 10.2. The third-order valence-corrected chi connectivity index (χ3v) is 3.85. The van der Waals surface area contributed by atoms with E-state index in [1.807, 2.05) is 47.3 Å². The van der Waals surface area contributed by atoms with Gasteiger partial charge in [0, 0.05) is 25.5 Å². The third kappa shape index (κ3) is 3.99. The number of nitrogens with zero attached hydrogens (tertiary/aromatic N) is 5. The van der Waals surface area contributed by atoms with E-state index in [1.165, 1.54) is 4.68 Å². The van der Waals surface area contributed by atoms with Gasteiger partial charge in [0.15, 0.2) is 10.8 Å². The fourth-order valence-electron chi connectivity index (χ4n) is 2.26. The number of aryl methyl sites for hydroxylation is 1. The highest BCUT2D eigenvalue weighted by molar-refractivity contribution is 6.32. The summed E-state index contributed by atoms with van der Waals surface area (Å²) >= 11 is 6.23. The summed E-state index contributed by atoms with van der Waals surface area (Å²) in [4.78, 5) is 12.2. The van der Waals surface area contributed by atoms with Crippen LogP contribution in [0, 0.1) is 0 Å². The van der Waals surface area contributed by atoms with Crippen molar-refractivity contribution in [3.05, 3.63) is 65.2 Å². The number of rotatable bonds is 7. The molecular weight excluding hydrogens is 328 g/mol. The highest BCUT2D eigenvalue weighted by atomic mass is 35.5. The Bertz CT molecular complexity index is 784. The van der Waals surface area contributed by atoms with Gasteiger partial charge in [-0.2, -0.15) is 5.10 Å². The van der Waals surface area contributed by atoms with Gasteiger partial charge in [0.2, 0.25) is 0 Å². The average molecular weight is 345 g/mol. The molecule has 0 saturated carbocycles. The lowest BCUT2D eigenvalue weighted by molar-refractivity contribution is 0.0947. The Balaban J connectivity index is 1.53. The van der Waals surface area contributed by atoms with Crippen LogP contribution in [0.1, 0.15) is 22.5 Å². The van der Waals surface area contributed by atoms with E-state index in [4.69, 9.17) is 11.6 Å². The zero-order valence-corrected chi connectivity index (χ0v) is 13.7. The molecule has 0 aliphatic carbocycles. The van der Waals surface area contributed by atoms with Crippen molar-refractivity contribution in [1.29, 1.82) is 0 Å². The van der Waals surface area contributed by atoms with Crippen molar-refractivity contribution in [3.8, 4) is 0 Å². The van der Waals surface area contributed by atoms with Gasteiger partial charge < -0.3 is 5.32 Å². The normalized spacial score (nSPS) is 10.7. The Hall–Kier alpha value is -2.67. The molecule has 2 heterocycles. The second kappa shape index (κ2) is 7.74. The van der Waals surface area contributed by atoms with E-state index >= 15 is 0 Å². The molecule has 1 aromatic carbocycles. The smallest absolute Gasteiger partial charge is 0.275 e. The molecule has 124 valence electrons. The fraction of sp³-hybridized carbons (Fsp3) is 0.250. The number of nitrogens with one attached hydrogen (secondary N) is 1. The highest BCUT2D eigenvalue weighted by Crippen LogP contribution is 2.14. The summed E-state index contributed by atoms with van der Waals surface area (Å²) in [6, 6.07) is 11.6. The van der Waals surface area contributed by atoms with Crippen molar-refractivity contribution < 1.29 is 4.79 Å². The molecule has 0 aliphatic heterocycles. The molecule has 8 heteroatoms. The first kappa shape index (κ1) is 16.2. The van der Waals surface area contributed by atoms with Gasteiger partial charge in [-0.15, -0.1) is 5.10 Å². The quantitative estimate of drug-likeness (QED) is 0.665. The molecule has 0 saturated heterocycles. The lowest BCUT2D eigenvalue weighted by Gasteiger charge is -2.04. The van der Waals surface area contributed by atoms with Crippen LogP contribution >= 0.6 is 11.6 Å². The molecule has 0 atom stereocenters. The van der Waals surface area contributed by atoms with Crippen molar-refractivity contribution >= 4 is 17.5 Å². The number of aromatic nitrogens is 5. The largest absolute Gasteiger partial charge is 0.350 e. The number of amides is 1. The van der Waals surface area contributed by atoms with Crippen LogP contribution in [0.25, 0.3) is 0 Å². The number of hydrogen-bond donors (Lipinski definition) is 1. The molecule has 0 bridgehead atoms. The topological polar surface area (TPSA) is 77.6 Å². The number of benzene rings is 1. The molecule has 24 heavy (non-hydrogen) atoms. The van der Waals surface area contributed by atoms with Crippen LogP contribution in [0.2, 0.25) is 5.15 Å². The maximum atomic E-state index is 12.2. The zero-order chi connectivity index (χ0) is 16.8. The monoisotopic (exact) mass is 344 g/mol. The van der Waals surface area contributed by atoms with Gasteiger partial charge in [-0.3, -0.25) is 9.48 Å². The van der Waals surface area contributed by atoms with Crippen LogP contribution in [0.5, 0.6) is 0 Å². The Labute approximate surface area is 144 Å². The van der Waals surface area contributed by atoms with Crippen molar-refractivity contribution in [3.63, 3.8) is 0 Å². The minimum absolute atomic E-state index is 0.145. The van der Waals surface area contributed by atoms with Crippen LogP contribution in [0.4, 0.5) is 0 Å². The molecule has 0 spiro atoms. The van der Waals surface area contributed by atoms with E-state index in [1.54, 1.807) is 6.20 Å². The summed E-state index contributed by atoms with van der Waals surface area (Å²) < 4.78 is 3.32. The average Bonchev–Trinajstić information content (AvgIpc) is 3.23. The van der Waals surface area contributed by atoms with E-state index in [-0.39, 0.29) is 16.8 Å². The molecule has 0 fully saturated rings. The molecule has 3 rings (SSSR count). The Morgan fingerprint density at radius 3 is 2.79 bits per heavy atom. The molecule has 1 amide bonds. The van der Waals surface area contributed by atoms with Crippen molar-refractivity contribution in [1.82, 2.24) is 30.1 Å². The minimum Gasteiger partial charge on any atom is -0.350 e. The zero-order valence-electron chi connectivity index (χ0n) is 13.0. The van der Waals surface area contributed by atoms with Gasteiger partial charge in [-0.25, -0.2) is 4.68 Å². The molecule has 7 nitrogen and oxygen atoms in total. The van der Waals surface area contributed by atoms with Crippen molar-refractivity contribution in [2.75, 3.05) is 6.54 Å². The van der Waals surface area contributed by atoms with Crippen LogP contribution < -0.4 is 5.32 Å². The number of halogens is 1. The standard InChI is InChI=1S/C16H17ClN6O/c17-15-14(16(24)18-8-4-10-22-11-5-9-19-22)20-21-23(15)12-13-6-2-1-3-7-13/h1-3,5-7,9,11H,4,8,10,12H2,(H,18,24). The fourth-order valence-corrected chi connectivity index (χ4v) is 2.47. The van der Waals surface area contributed by atoms with Gasteiger partial charge in [0.25, 0.3) is 5.91 Å². The predicted octanol–water partition coefficient (Wildman–Crippen LogP) is 2.00. The summed E-state index contributed by atoms with van der Waals surface area (Å²) in [7, 11) is 0. The number of carbonyl (C=O) groups excluding carboxylic acids is 1. The Kier molecular flexibility index (Phi) is 5.22. The van der Waals surface area contributed by atoms with E-state index in [0.29, 0.717) is 13.1 Å². The van der Waals surface area contributed by atoms with E-state index in [0.717, 1.165) is 18.5 Å².